The van der Waals surface area contributed by atoms with Crippen molar-refractivity contribution < 1.29 is 0 Å². The maximum atomic E-state index is 3.69. The zero-order chi connectivity index (χ0) is 13.8. The average molecular weight is 260 g/mol. The highest BCUT2D eigenvalue weighted by atomic mass is 15.2. The van der Waals surface area contributed by atoms with Crippen LogP contribution in [0.15, 0.2) is 12.1 Å². The summed E-state index contributed by atoms with van der Waals surface area (Å²) in [5.41, 5.74) is 5.67. The summed E-state index contributed by atoms with van der Waals surface area (Å²) in [5, 5.41) is 3.69. The van der Waals surface area contributed by atoms with Crippen LogP contribution in [0.5, 0.6) is 0 Å². The molecule has 0 radical (unpaired) electrons. The SMILES string of the molecule is Cc1cc(C)c(C(C)NCCN2CCCC2)c(C)c1. The third-order valence-corrected chi connectivity index (χ3v) is 4.25. The van der Waals surface area contributed by atoms with Gasteiger partial charge >= 0.3 is 0 Å². The highest BCUT2D eigenvalue weighted by Gasteiger charge is 2.13. The minimum Gasteiger partial charge on any atom is -0.309 e. The fourth-order valence-electron chi connectivity index (χ4n) is 3.42. The second-order valence-corrected chi connectivity index (χ2v) is 6.04. The van der Waals surface area contributed by atoms with Gasteiger partial charge in [-0.3, -0.25) is 0 Å². The number of rotatable bonds is 5. The van der Waals surface area contributed by atoms with Crippen molar-refractivity contribution >= 4 is 0 Å². The Morgan fingerprint density at radius 2 is 1.68 bits per heavy atom. The highest BCUT2D eigenvalue weighted by molar-refractivity contribution is 5.39. The first kappa shape index (κ1) is 14.5. The Morgan fingerprint density at radius 3 is 2.26 bits per heavy atom. The van der Waals surface area contributed by atoms with Gasteiger partial charge in [-0.05, 0) is 70.3 Å². The third kappa shape index (κ3) is 3.80. The lowest BCUT2D eigenvalue weighted by atomic mass is 9.95. The van der Waals surface area contributed by atoms with E-state index in [2.05, 4.69) is 50.0 Å². The largest absolute Gasteiger partial charge is 0.309 e. The lowest BCUT2D eigenvalue weighted by Crippen LogP contribution is -2.31. The van der Waals surface area contributed by atoms with Crippen LogP contribution in [0.3, 0.4) is 0 Å². The predicted molar refractivity (Wildman–Crippen MR) is 82.7 cm³/mol. The zero-order valence-corrected chi connectivity index (χ0v) is 12.9. The molecule has 1 saturated heterocycles. The minimum atomic E-state index is 0.447. The van der Waals surface area contributed by atoms with Crippen LogP contribution in [-0.4, -0.2) is 31.1 Å². The number of benzene rings is 1. The van der Waals surface area contributed by atoms with Crippen molar-refractivity contribution in [2.45, 2.75) is 46.6 Å². The number of likely N-dealkylation sites (tertiary alicyclic amines) is 1. The minimum absolute atomic E-state index is 0.447. The van der Waals surface area contributed by atoms with Crippen molar-refractivity contribution in [1.29, 1.82) is 0 Å². The standard InChI is InChI=1S/C17H28N2/c1-13-11-14(2)17(15(3)12-13)16(4)18-7-10-19-8-5-6-9-19/h11-12,16,18H,5-10H2,1-4H3. The third-order valence-electron chi connectivity index (χ3n) is 4.25. The molecule has 1 aliphatic heterocycles. The Balaban J connectivity index is 1.90. The molecule has 0 amide bonds. The van der Waals surface area contributed by atoms with Gasteiger partial charge in [-0.25, -0.2) is 0 Å². The van der Waals surface area contributed by atoms with Gasteiger partial charge in [0.15, 0.2) is 0 Å². The van der Waals surface area contributed by atoms with Crippen molar-refractivity contribution in [3.8, 4) is 0 Å². The van der Waals surface area contributed by atoms with Crippen molar-refractivity contribution in [3.63, 3.8) is 0 Å². The summed E-state index contributed by atoms with van der Waals surface area (Å²) >= 11 is 0. The molecule has 1 aromatic carbocycles. The van der Waals surface area contributed by atoms with Crippen LogP contribution in [0.1, 0.15) is 48.1 Å². The molecule has 1 aromatic rings. The summed E-state index contributed by atoms with van der Waals surface area (Å²) in [6, 6.07) is 5.03. The van der Waals surface area contributed by atoms with Crippen LogP contribution in [0.2, 0.25) is 0 Å². The summed E-state index contributed by atoms with van der Waals surface area (Å²) in [6.45, 7) is 13.8. The molecule has 2 nitrogen and oxygen atoms in total. The lowest BCUT2D eigenvalue weighted by Gasteiger charge is -2.22. The van der Waals surface area contributed by atoms with E-state index in [9.17, 15) is 0 Å². The molecule has 106 valence electrons. The number of hydrogen-bond acceptors (Lipinski definition) is 2. The van der Waals surface area contributed by atoms with Gasteiger partial charge in [-0.15, -0.1) is 0 Å². The zero-order valence-electron chi connectivity index (χ0n) is 12.9. The van der Waals surface area contributed by atoms with Crippen LogP contribution in [0.25, 0.3) is 0 Å². The first-order valence-corrected chi connectivity index (χ1v) is 7.61. The van der Waals surface area contributed by atoms with Gasteiger partial charge in [0.05, 0.1) is 0 Å². The Labute approximate surface area is 118 Å². The van der Waals surface area contributed by atoms with Gasteiger partial charge in [-0.2, -0.15) is 0 Å². The Morgan fingerprint density at radius 1 is 1.11 bits per heavy atom. The van der Waals surface area contributed by atoms with Gasteiger partial charge < -0.3 is 10.2 Å². The van der Waals surface area contributed by atoms with Gasteiger partial charge in [0.2, 0.25) is 0 Å². The molecule has 1 unspecified atom stereocenters. The highest BCUT2D eigenvalue weighted by Crippen LogP contribution is 2.23. The van der Waals surface area contributed by atoms with Gasteiger partial charge in [-0.1, -0.05) is 17.7 Å². The first-order chi connectivity index (χ1) is 9.08. The molecule has 2 heteroatoms. The van der Waals surface area contributed by atoms with E-state index in [0.29, 0.717) is 6.04 Å². The Bertz CT molecular complexity index is 396. The van der Waals surface area contributed by atoms with Crippen LogP contribution < -0.4 is 5.32 Å². The summed E-state index contributed by atoms with van der Waals surface area (Å²) in [7, 11) is 0. The maximum absolute atomic E-state index is 3.69. The molecule has 0 aliphatic carbocycles. The van der Waals surface area contributed by atoms with E-state index in [-0.39, 0.29) is 0 Å². The van der Waals surface area contributed by atoms with Crippen molar-refractivity contribution in [3.05, 3.63) is 34.4 Å². The molecule has 1 fully saturated rings. The van der Waals surface area contributed by atoms with E-state index < -0.39 is 0 Å². The summed E-state index contributed by atoms with van der Waals surface area (Å²) in [6.07, 6.45) is 2.76. The summed E-state index contributed by atoms with van der Waals surface area (Å²) in [5.74, 6) is 0. The summed E-state index contributed by atoms with van der Waals surface area (Å²) in [4.78, 5) is 2.56. The van der Waals surface area contributed by atoms with E-state index in [1.165, 1.54) is 54.7 Å². The lowest BCUT2D eigenvalue weighted by molar-refractivity contribution is 0.329. The van der Waals surface area contributed by atoms with Crippen molar-refractivity contribution in [1.82, 2.24) is 10.2 Å². The van der Waals surface area contributed by atoms with Crippen LogP contribution in [-0.2, 0) is 0 Å². The topological polar surface area (TPSA) is 15.3 Å². The number of aryl methyl sites for hydroxylation is 3. The molecule has 2 rings (SSSR count). The van der Waals surface area contributed by atoms with Gasteiger partial charge in [0.25, 0.3) is 0 Å². The fraction of sp³-hybridized carbons (Fsp3) is 0.647. The first-order valence-electron chi connectivity index (χ1n) is 7.61. The molecule has 0 spiro atoms. The smallest absolute Gasteiger partial charge is 0.0297 e. The molecule has 1 atom stereocenters. The number of hydrogen-bond donors (Lipinski definition) is 1. The Kier molecular flexibility index (Phi) is 5.00. The molecule has 1 heterocycles. The quantitative estimate of drug-likeness (QED) is 0.873. The van der Waals surface area contributed by atoms with E-state index in [4.69, 9.17) is 0 Å². The van der Waals surface area contributed by atoms with Gasteiger partial charge in [0.1, 0.15) is 0 Å². The Hall–Kier alpha value is -0.860. The van der Waals surface area contributed by atoms with Gasteiger partial charge in [0, 0.05) is 19.1 Å². The van der Waals surface area contributed by atoms with Crippen LogP contribution in [0, 0.1) is 20.8 Å². The molecule has 19 heavy (non-hydrogen) atoms. The predicted octanol–water partition coefficient (Wildman–Crippen LogP) is 3.36. The van der Waals surface area contributed by atoms with E-state index in [0.717, 1.165) is 6.54 Å². The molecule has 0 aromatic heterocycles. The van der Waals surface area contributed by atoms with E-state index in [1.54, 1.807) is 0 Å². The number of nitrogens with zero attached hydrogens (tertiary/aromatic N) is 1. The molecule has 1 N–H and O–H groups in total. The molecular weight excluding hydrogens is 232 g/mol. The van der Waals surface area contributed by atoms with Crippen molar-refractivity contribution in [2.24, 2.45) is 0 Å². The van der Waals surface area contributed by atoms with Crippen LogP contribution in [0.4, 0.5) is 0 Å². The normalized spacial score (nSPS) is 17.9. The summed E-state index contributed by atoms with van der Waals surface area (Å²) < 4.78 is 0. The molecule has 0 saturated carbocycles. The fourth-order valence-corrected chi connectivity index (χ4v) is 3.42. The average Bonchev–Trinajstić information content (AvgIpc) is 2.80. The molecular formula is C17H28N2. The number of nitrogens with one attached hydrogen (secondary N) is 1. The molecule has 0 bridgehead atoms. The second kappa shape index (κ2) is 6.53. The van der Waals surface area contributed by atoms with E-state index in [1.807, 2.05) is 0 Å². The van der Waals surface area contributed by atoms with Crippen molar-refractivity contribution in [2.75, 3.05) is 26.2 Å². The van der Waals surface area contributed by atoms with Crippen LogP contribution >= 0.6 is 0 Å². The molecule has 1 aliphatic rings. The monoisotopic (exact) mass is 260 g/mol. The maximum Gasteiger partial charge on any atom is 0.0297 e. The second-order valence-electron chi connectivity index (χ2n) is 6.04. The van der Waals surface area contributed by atoms with E-state index >= 15 is 0 Å².